The zero-order valence-electron chi connectivity index (χ0n) is 17.7. The Bertz CT molecular complexity index is 612. The topological polar surface area (TPSA) is 48.9 Å². The Balaban J connectivity index is 0.00000392. The van der Waals surface area contributed by atoms with Crippen LogP contribution in [-0.4, -0.2) is 56.2 Å². The van der Waals surface area contributed by atoms with Gasteiger partial charge in [0, 0.05) is 45.2 Å². The summed E-state index contributed by atoms with van der Waals surface area (Å²) in [5.41, 5.74) is 2.42. The van der Waals surface area contributed by atoms with Crippen LogP contribution in [0.3, 0.4) is 0 Å². The van der Waals surface area contributed by atoms with Crippen molar-refractivity contribution >= 4 is 29.9 Å². The van der Waals surface area contributed by atoms with Crippen LogP contribution in [0.25, 0.3) is 0 Å². The molecule has 6 heteroatoms. The van der Waals surface area contributed by atoms with Crippen molar-refractivity contribution in [2.24, 2.45) is 4.99 Å². The van der Waals surface area contributed by atoms with Crippen molar-refractivity contribution in [1.82, 2.24) is 15.5 Å². The number of rotatable bonds is 9. The van der Waals surface area contributed by atoms with Gasteiger partial charge in [0.25, 0.3) is 0 Å². The van der Waals surface area contributed by atoms with Crippen LogP contribution >= 0.6 is 24.0 Å². The number of nitrogens with one attached hydrogen (secondary N) is 2. The number of aryl methyl sites for hydroxylation is 1. The quantitative estimate of drug-likeness (QED) is 0.177. The van der Waals surface area contributed by atoms with Crippen molar-refractivity contribution in [3.8, 4) is 5.75 Å². The first-order valence-electron chi connectivity index (χ1n) is 10.2. The molecule has 1 aliphatic rings. The number of para-hydroxylation sites is 1. The predicted octanol–water partition coefficient (Wildman–Crippen LogP) is 3.98. The van der Waals surface area contributed by atoms with Crippen molar-refractivity contribution < 1.29 is 4.74 Å². The van der Waals surface area contributed by atoms with Crippen LogP contribution in [0.4, 0.5) is 0 Å². The number of aliphatic imine (C=N–C) groups is 1. The van der Waals surface area contributed by atoms with Gasteiger partial charge in [-0.3, -0.25) is 9.89 Å². The van der Waals surface area contributed by atoms with Gasteiger partial charge in [-0.2, -0.15) is 0 Å². The minimum Gasteiger partial charge on any atom is -0.493 e. The highest BCUT2D eigenvalue weighted by atomic mass is 127. The highest BCUT2D eigenvalue weighted by Gasteiger charge is 2.19. The Kier molecular flexibility index (Phi) is 12.2. The molecule has 0 bridgehead atoms. The average molecular weight is 500 g/mol. The average Bonchev–Trinajstić information content (AvgIpc) is 2.64. The molecule has 158 valence electrons. The molecule has 1 aromatic carbocycles. The van der Waals surface area contributed by atoms with Gasteiger partial charge in [-0.05, 0) is 45.2 Å². The van der Waals surface area contributed by atoms with Crippen LogP contribution in [-0.2, 0) is 0 Å². The fraction of sp³-hybridized carbons (Fsp3) is 0.591. The Hall–Kier alpha value is -1.28. The summed E-state index contributed by atoms with van der Waals surface area (Å²) in [6.07, 6.45) is 3.20. The summed E-state index contributed by atoms with van der Waals surface area (Å²) in [6, 6.07) is 8.62. The molecule has 1 saturated heterocycles. The molecule has 2 rings (SSSR count). The first-order chi connectivity index (χ1) is 13.1. The summed E-state index contributed by atoms with van der Waals surface area (Å²) in [7, 11) is 0. The lowest BCUT2D eigenvalue weighted by Gasteiger charge is -2.33. The van der Waals surface area contributed by atoms with Crippen LogP contribution in [0.15, 0.2) is 41.4 Å². The third kappa shape index (κ3) is 9.28. The molecule has 0 radical (unpaired) electrons. The number of guanidine groups is 1. The molecule has 2 N–H and O–H groups in total. The van der Waals surface area contributed by atoms with Gasteiger partial charge in [0.05, 0.1) is 6.61 Å². The second-order valence-corrected chi connectivity index (χ2v) is 7.38. The molecule has 0 aliphatic carbocycles. The summed E-state index contributed by atoms with van der Waals surface area (Å²) >= 11 is 0. The lowest BCUT2D eigenvalue weighted by molar-refractivity contribution is 0.221. The maximum Gasteiger partial charge on any atom is 0.191 e. The predicted molar refractivity (Wildman–Crippen MR) is 130 cm³/mol. The lowest BCUT2D eigenvalue weighted by Crippen LogP contribution is -2.48. The second kappa shape index (κ2) is 13.8. The molecule has 0 atom stereocenters. The maximum absolute atomic E-state index is 5.85. The third-order valence-electron chi connectivity index (χ3n) is 4.69. The molecule has 5 nitrogen and oxygen atoms in total. The van der Waals surface area contributed by atoms with E-state index in [0.29, 0.717) is 12.6 Å². The van der Waals surface area contributed by atoms with Crippen LogP contribution in [0.1, 0.15) is 38.7 Å². The smallest absolute Gasteiger partial charge is 0.191 e. The van der Waals surface area contributed by atoms with E-state index in [1.807, 2.05) is 18.2 Å². The molecule has 0 spiro atoms. The van der Waals surface area contributed by atoms with E-state index in [2.05, 4.69) is 49.0 Å². The van der Waals surface area contributed by atoms with Gasteiger partial charge in [0.1, 0.15) is 5.75 Å². The van der Waals surface area contributed by atoms with Gasteiger partial charge >= 0.3 is 0 Å². The van der Waals surface area contributed by atoms with Crippen LogP contribution in [0.5, 0.6) is 5.75 Å². The van der Waals surface area contributed by atoms with Gasteiger partial charge in [-0.25, -0.2) is 0 Å². The van der Waals surface area contributed by atoms with E-state index in [1.54, 1.807) is 0 Å². The van der Waals surface area contributed by atoms with Gasteiger partial charge in [-0.15, -0.1) is 24.0 Å². The third-order valence-corrected chi connectivity index (χ3v) is 4.69. The van der Waals surface area contributed by atoms with Crippen LogP contribution in [0.2, 0.25) is 0 Å². The highest BCUT2D eigenvalue weighted by molar-refractivity contribution is 14.0. The Morgan fingerprint density at radius 1 is 1.29 bits per heavy atom. The number of likely N-dealkylation sites (tertiary alicyclic amines) is 1. The normalized spacial score (nSPS) is 15.6. The lowest BCUT2D eigenvalue weighted by atomic mass is 10.0. The summed E-state index contributed by atoms with van der Waals surface area (Å²) in [5.74, 6) is 1.89. The number of piperidine rings is 1. The molecule has 0 unspecified atom stereocenters. The zero-order valence-corrected chi connectivity index (χ0v) is 20.0. The van der Waals surface area contributed by atoms with Gasteiger partial charge < -0.3 is 15.4 Å². The highest BCUT2D eigenvalue weighted by Crippen LogP contribution is 2.16. The molecule has 1 aromatic rings. The molecule has 0 aromatic heterocycles. The SMILES string of the molecule is C=C(C)CN1CCC(NC(=NCCCOc2ccccc2C)NCC)CC1.I. The maximum atomic E-state index is 5.85. The van der Waals surface area contributed by atoms with E-state index in [9.17, 15) is 0 Å². The molecular formula is C22H37IN4O. The number of nitrogens with zero attached hydrogens (tertiary/aromatic N) is 2. The molecule has 0 amide bonds. The molecule has 1 heterocycles. The van der Waals surface area contributed by atoms with Gasteiger partial charge in [0.2, 0.25) is 0 Å². The van der Waals surface area contributed by atoms with E-state index >= 15 is 0 Å². The van der Waals surface area contributed by atoms with Crippen molar-refractivity contribution in [2.45, 2.75) is 46.1 Å². The van der Waals surface area contributed by atoms with Gasteiger partial charge in [-0.1, -0.05) is 30.4 Å². The van der Waals surface area contributed by atoms with Crippen LogP contribution < -0.4 is 15.4 Å². The summed E-state index contributed by atoms with van der Waals surface area (Å²) in [4.78, 5) is 7.19. The molecular weight excluding hydrogens is 463 g/mol. The van der Waals surface area contributed by atoms with Gasteiger partial charge in [0.15, 0.2) is 5.96 Å². The summed E-state index contributed by atoms with van der Waals surface area (Å²) in [5, 5.41) is 6.96. The van der Waals surface area contributed by atoms with E-state index in [0.717, 1.165) is 63.7 Å². The number of hydrogen-bond donors (Lipinski definition) is 2. The Labute approximate surface area is 188 Å². The minimum absolute atomic E-state index is 0. The molecule has 1 fully saturated rings. The monoisotopic (exact) mass is 500 g/mol. The molecule has 0 saturated carbocycles. The number of benzene rings is 1. The van der Waals surface area contributed by atoms with Crippen molar-refractivity contribution in [3.05, 3.63) is 42.0 Å². The number of ether oxygens (including phenoxy) is 1. The van der Waals surface area contributed by atoms with E-state index in [1.165, 1.54) is 11.1 Å². The standard InChI is InChI=1S/C22H36N4O.HI/c1-5-23-22(25-20-11-14-26(15-12-20)17-18(2)3)24-13-8-16-27-21-10-7-6-9-19(21)4;/h6-7,9-10,20H,2,5,8,11-17H2,1,3-4H3,(H2,23,24,25);1H. The fourth-order valence-corrected chi connectivity index (χ4v) is 3.29. The van der Waals surface area contributed by atoms with E-state index in [-0.39, 0.29) is 24.0 Å². The zero-order chi connectivity index (χ0) is 19.5. The van der Waals surface area contributed by atoms with Crippen molar-refractivity contribution in [1.29, 1.82) is 0 Å². The van der Waals surface area contributed by atoms with Crippen molar-refractivity contribution in [2.75, 3.05) is 39.3 Å². The first-order valence-corrected chi connectivity index (χ1v) is 10.2. The molecule has 1 aliphatic heterocycles. The fourth-order valence-electron chi connectivity index (χ4n) is 3.29. The van der Waals surface area contributed by atoms with E-state index < -0.39 is 0 Å². The van der Waals surface area contributed by atoms with Crippen molar-refractivity contribution in [3.63, 3.8) is 0 Å². The second-order valence-electron chi connectivity index (χ2n) is 7.38. The minimum atomic E-state index is 0. The molecule has 28 heavy (non-hydrogen) atoms. The summed E-state index contributed by atoms with van der Waals surface area (Å²) in [6.45, 7) is 15.9. The summed E-state index contributed by atoms with van der Waals surface area (Å²) < 4.78 is 5.85. The Morgan fingerprint density at radius 2 is 2.00 bits per heavy atom. The Morgan fingerprint density at radius 3 is 2.64 bits per heavy atom. The first kappa shape index (κ1) is 24.8. The largest absolute Gasteiger partial charge is 0.493 e. The van der Waals surface area contributed by atoms with Crippen LogP contribution in [0, 0.1) is 6.92 Å². The number of hydrogen-bond acceptors (Lipinski definition) is 3. The van der Waals surface area contributed by atoms with E-state index in [4.69, 9.17) is 9.73 Å². The number of halogens is 1.